The van der Waals surface area contributed by atoms with E-state index in [1.165, 1.54) is 12.1 Å². The largest absolute Gasteiger partial charge is 0.484 e. The van der Waals surface area contributed by atoms with Crippen molar-refractivity contribution in [3.63, 3.8) is 0 Å². The predicted molar refractivity (Wildman–Crippen MR) is 106 cm³/mol. The van der Waals surface area contributed by atoms with E-state index in [2.05, 4.69) is 5.32 Å². The number of rotatable bonds is 8. The molecular weight excluding hydrogens is 375 g/mol. The van der Waals surface area contributed by atoms with Gasteiger partial charge in [-0.3, -0.25) is 9.59 Å². The molecule has 0 bridgehead atoms. The normalized spacial score (nSPS) is 15.5. The fourth-order valence-electron chi connectivity index (χ4n) is 3.51. The first-order valence-corrected chi connectivity index (χ1v) is 9.57. The van der Waals surface area contributed by atoms with E-state index in [-0.39, 0.29) is 30.2 Å². The molecule has 0 unspecified atom stereocenters. The van der Waals surface area contributed by atoms with Crippen LogP contribution < -0.4 is 15.8 Å². The SMILES string of the molecule is NC(=O)Cc1ccc(OCC(=O)NCC2(c3ccc(F)cc3)CCOCC2)cc1. The molecule has 1 saturated heterocycles. The molecule has 3 rings (SSSR count). The second-order valence-electron chi connectivity index (χ2n) is 7.25. The summed E-state index contributed by atoms with van der Waals surface area (Å²) >= 11 is 0. The highest BCUT2D eigenvalue weighted by molar-refractivity contribution is 5.78. The van der Waals surface area contributed by atoms with Crippen molar-refractivity contribution in [1.82, 2.24) is 5.32 Å². The Hall–Kier alpha value is -2.93. The summed E-state index contributed by atoms with van der Waals surface area (Å²) in [6, 6.07) is 13.3. The number of ether oxygens (including phenoxy) is 2. The van der Waals surface area contributed by atoms with Gasteiger partial charge in [0, 0.05) is 25.2 Å². The molecule has 1 aliphatic rings. The topological polar surface area (TPSA) is 90.7 Å². The Morgan fingerprint density at radius 1 is 1.07 bits per heavy atom. The van der Waals surface area contributed by atoms with Crippen molar-refractivity contribution >= 4 is 11.8 Å². The van der Waals surface area contributed by atoms with Crippen molar-refractivity contribution in [2.45, 2.75) is 24.7 Å². The Bertz CT molecular complexity index is 831. The number of amides is 2. The molecule has 7 heteroatoms. The van der Waals surface area contributed by atoms with Crippen molar-refractivity contribution in [2.24, 2.45) is 5.73 Å². The van der Waals surface area contributed by atoms with E-state index in [0.29, 0.717) is 25.5 Å². The van der Waals surface area contributed by atoms with Gasteiger partial charge in [-0.05, 0) is 48.2 Å². The van der Waals surface area contributed by atoms with Crippen LogP contribution in [0.25, 0.3) is 0 Å². The van der Waals surface area contributed by atoms with Crippen LogP contribution in [0.2, 0.25) is 0 Å². The molecule has 3 N–H and O–H groups in total. The van der Waals surface area contributed by atoms with Crippen LogP contribution in [-0.4, -0.2) is 38.2 Å². The Morgan fingerprint density at radius 3 is 2.34 bits per heavy atom. The molecule has 1 heterocycles. The van der Waals surface area contributed by atoms with Crippen molar-refractivity contribution in [3.8, 4) is 5.75 Å². The van der Waals surface area contributed by atoms with Gasteiger partial charge in [0.25, 0.3) is 5.91 Å². The fraction of sp³-hybridized carbons (Fsp3) is 0.364. The van der Waals surface area contributed by atoms with Gasteiger partial charge in [0.2, 0.25) is 5.91 Å². The summed E-state index contributed by atoms with van der Waals surface area (Å²) in [5.41, 5.74) is 6.67. The van der Waals surface area contributed by atoms with Gasteiger partial charge in [0.15, 0.2) is 6.61 Å². The fourth-order valence-corrected chi connectivity index (χ4v) is 3.51. The standard InChI is InChI=1S/C22H25FN2O4/c23-18-5-3-17(4-6-18)22(9-11-28-12-10-22)15-25-21(27)14-29-19-7-1-16(2-8-19)13-20(24)26/h1-8H,9-15H2,(H2,24,26)(H,25,27). The highest BCUT2D eigenvalue weighted by Crippen LogP contribution is 2.34. The van der Waals surface area contributed by atoms with Crippen molar-refractivity contribution in [3.05, 3.63) is 65.5 Å². The van der Waals surface area contributed by atoms with E-state index in [0.717, 1.165) is 24.0 Å². The van der Waals surface area contributed by atoms with Crippen LogP contribution in [-0.2, 0) is 26.2 Å². The molecule has 0 aliphatic carbocycles. The number of carbonyl (C=O) groups excluding carboxylic acids is 2. The lowest BCUT2D eigenvalue weighted by Gasteiger charge is -2.38. The molecule has 2 amide bonds. The molecule has 2 aromatic carbocycles. The van der Waals surface area contributed by atoms with Crippen LogP contribution in [0.4, 0.5) is 4.39 Å². The average Bonchev–Trinajstić information content (AvgIpc) is 2.72. The van der Waals surface area contributed by atoms with Gasteiger partial charge in [-0.2, -0.15) is 0 Å². The van der Waals surface area contributed by atoms with E-state index in [9.17, 15) is 14.0 Å². The number of nitrogens with one attached hydrogen (secondary N) is 1. The number of primary amides is 1. The van der Waals surface area contributed by atoms with E-state index in [4.69, 9.17) is 15.2 Å². The quantitative estimate of drug-likeness (QED) is 0.710. The van der Waals surface area contributed by atoms with Crippen molar-refractivity contribution in [1.29, 1.82) is 0 Å². The lowest BCUT2D eigenvalue weighted by molar-refractivity contribution is -0.123. The maximum Gasteiger partial charge on any atom is 0.257 e. The molecule has 0 spiro atoms. The minimum Gasteiger partial charge on any atom is -0.484 e. The molecule has 0 saturated carbocycles. The van der Waals surface area contributed by atoms with Crippen LogP contribution in [0.15, 0.2) is 48.5 Å². The zero-order valence-electron chi connectivity index (χ0n) is 16.2. The number of nitrogens with two attached hydrogens (primary N) is 1. The third-order valence-electron chi connectivity index (χ3n) is 5.20. The monoisotopic (exact) mass is 400 g/mol. The van der Waals surface area contributed by atoms with E-state index in [1.807, 2.05) is 0 Å². The average molecular weight is 400 g/mol. The number of halogens is 1. The molecule has 29 heavy (non-hydrogen) atoms. The molecule has 0 aromatic heterocycles. The first kappa shape index (κ1) is 20.8. The molecular formula is C22H25FN2O4. The van der Waals surface area contributed by atoms with Crippen LogP contribution in [0, 0.1) is 5.82 Å². The molecule has 2 aromatic rings. The summed E-state index contributed by atoms with van der Waals surface area (Å²) < 4.78 is 24.3. The lowest BCUT2D eigenvalue weighted by atomic mass is 9.74. The minimum atomic E-state index is -0.402. The van der Waals surface area contributed by atoms with Crippen LogP contribution in [0.5, 0.6) is 5.75 Å². The smallest absolute Gasteiger partial charge is 0.257 e. The van der Waals surface area contributed by atoms with E-state index < -0.39 is 5.91 Å². The Kier molecular flexibility index (Phi) is 6.82. The van der Waals surface area contributed by atoms with Crippen LogP contribution >= 0.6 is 0 Å². The number of carbonyl (C=O) groups is 2. The first-order chi connectivity index (χ1) is 14.0. The van der Waals surface area contributed by atoms with Crippen LogP contribution in [0.1, 0.15) is 24.0 Å². The van der Waals surface area contributed by atoms with E-state index >= 15 is 0 Å². The van der Waals surface area contributed by atoms with E-state index in [1.54, 1.807) is 36.4 Å². The molecule has 1 aliphatic heterocycles. The molecule has 0 radical (unpaired) electrons. The first-order valence-electron chi connectivity index (χ1n) is 9.57. The lowest BCUT2D eigenvalue weighted by Crippen LogP contribution is -2.45. The summed E-state index contributed by atoms with van der Waals surface area (Å²) in [5, 5.41) is 2.94. The number of hydrogen-bond donors (Lipinski definition) is 2. The van der Waals surface area contributed by atoms with Gasteiger partial charge in [0.1, 0.15) is 11.6 Å². The van der Waals surface area contributed by atoms with Crippen molar-refractivity contribution < 1.29 is 23.5 Å². The zero-order valence-corrected chi connectivity index (χ0v) is 16.2. The highest BCUT2D eigenvalue weighted by Gasteiger charge is 2.34. The maximum absolute atomic E-state index is 13.3. The second-order valence-corrected chi connectivity index (χ2v) is 7.25. The molecule has 1 fully saturated rings. The predicted octanol–water partition coefficient (Wildman–Crippen LogP) is 2.10. The summed E-state index contributed by atoms with van der Waals surface area (Å²) in [6.07, 6.45) is 1.66. The number of hydrogen-bond acceptors (Lipinski definition) is 4. The van der Waals surface area contributed by atoms with Gasteiger partial charge >= 0.3 is 0 Å². The Balaban J connectivity index is 1.55. The summed E-state index contributed by atoms with van der Waals surface area (Å²) in [6.45, 7) is 1.51. The third kappa shape index (κ3) is 5.77. The molecule has 6 nitrogen and oxygen atoms in total. The van der Waals surface area contributed by atoms with Gasteiger partial charge in [-0.25, -0.2) is 4.39 Å². The van der Waals surface area contributed by atoms with Crippen molar-refractivity contribution in [2.75, 3.05) is 26.4 Å². The summed E-state index contributed by atoms with van der Waals surface area (Å²) in [4.78, 5) is 23.2. The van der Waals surface area contributed by atoms with Gasteiger partial charge in [-0.15, -0.1) is 0 Å². The van der Waals surface area contributed by atoms with Gasteiger partial charge < -0.3 is 20.5 Å². The molecule has 154 valence electrons. The number of benzene rings is 2. The van der Waals surface area contributed by atoms with Gasteiger partial charge in [0.05, 0.1) is 6.42 Å². The Morgan fingerprint density at radius 2 is 1.72 bits per heavy atom. The summed E-state index contributed by atoms with van der Waals surface area (Å²) in [7, 11) is 0. The summed E-state index contributed by atoms with van der Waals surface area (Å²) in [5.74, 6) is -0.386. The highest BCUT2D eigenvalue weighted by atomic mass is 19.1. The third-order valence-corrected chi connectivity index (χ3v) is 5.20. The second kappa shape index (κ2) is 9.52. The van der Waals surface area contributed by atoms with Gasteiger partial charge in [-0.1, -0.05) is 24.3 Å². The minimum absolute atomic E-state index is 0.120. The van der Waals surface area contributed by atoms with Crippen LogP contribution in [0.3, 0.4) is 0 Å². The maximum atomic E-state index is 13.3. The zero-order chi connectivity index (χ0) is 20.7. The Labute approximate surface area is 169 Å². The molecule has 0 atom stereocenters.